The van der Waals surface area contributed by atoms with Crippen LogP contribution in [-0.4, -0.2) is 11.7 Å². The molecule has 0 spiro atoms. The highest BCUT2D eigenvalue weighted by Gasteiger charge is 2.06. The first-order valence-corrected chi connectivity index (χ1v) is 7.87. The third kappa shape index (κ3) is 4.28. The number of aryl methyl sites for hydroxylation is 1. The molecular formula is C15H15BrN2OS. The van der Waals surface area contributed by atoms with Gasteiger partial charge in [0, 0.05) is 9.37 Å². The van der Waals surface area contributed by atoms with E-state index >= 15 is 0 Å². The third-order valence-electron chi connectivity index (χ3n) is 2.65. The summed E-state index contributed by atoms with van der Waals surface area (Å²) in [6, 6.07) is 13.5. The molecule has 20 heavy (non-hydrogen) atoms. The fourth-order valence-corrected chi connectivity index (χ4v) is 2.99. The van der Waals surface area contributed by atoms with E-state index in [0.29, 0.717) is 17.1 Å². The van der Waals surface area contributed by atoms with Gasteiger partial charge in [-0.3, -0.25) is 4.79 Å². The molecule has 2 aromatic rings. The van der Waals surface area contributed by atoms with Gasteiger partial charge in [-0.15, -0.1) is 11.8 Å². The highest BCUT2D eigenvalue weighted by atomic mass is 79.9. The number of hydrogen-bond acceptors (Lipinski definition) is 3. The zero-order valence-electron chi connectivity index (χ0n) is 11.0. The molecule has 0 radical (unpaired) electrons. The maximum Gasteiger partial charge on any atom is 0.234 e. The van der Waals surface area contributed by atoms with Gasteiger partial charge in [-0.05, 0) is 42.8 Å². The van der Waals surface area contributed by atoms with Gasteiger partial charge in [-0.1, -0.05) is 28.1 Å². The van der Waals surface area contributed by atoms with Crippen molar-refractivity contribution in [3.05, 3.63) is 52.5 Å². The van der Waals surface area contributed by atoms with Crippen molar-refractivity contribution in [2.75, 3.05) is 16.8 Å². The fourth-order valence-electron chi connectivity index (χ4n) is 1.69. The third-order valence-corrected chi connectivity index (χ3v) is 4.13. The molecule has 0 aliphatic carbocycles. The summed E-state index contributed by atoms with van der Waals surface area (Å²) in [5, 5.41) is 2.83. The maximum absolute atomic E-state index is 11.9. The molecule has 2 aromatic carbocycles. The summed E-state index contributed by atoms with van der Waals surface area (Å²) in [5.41, 5.74) is 8.19. The first-order chi connectivity index (χ1) is 9.54. The van der Waals surface area contributed by atoms with Crippen molar-refractivity contribution in [2.24, 2.45) is 0 Å². The molecule has 2 rings (SSSR count). The second-order valence-corrected chi connectivity index (χ2v) is 6.35. The molecule has 0 fully saturated rings. The molecule has 0 aromatic heterocycles. The maximum atomic E-state index is 11.9. The zero-order chi connectivity index (χ0) is 14.5. The lowest BCUT2D eigenvalue weighted by Gasteiger charge is -2.08. The van der Waals surface area contributed by atoms with Crippen molar-refractivity contribution in [1.29, 1.82) is 0 Å². The topological polar surface area (TPSA) is 55.1 Å². The van der Waals surface area contributed by atoms with Crippen LogP contribution in [0.2, 0.25) is 0 Å². The molecule has 0 saturated carbocycles. The molecule has 3 nitrogen and oxygen atoms in total. The predicted molar refractivity (Wildman–Crippen MR) is 89.1 cm³/mol. The lowest BCUT2D eigenvalue weighted by Crippen LogP contribution is -2.15. The minimum Gasteiger partial charge on any atom is -0.397 e. The van der Waals surface area contributed by atoms with Crippen molar-refractivity contribution in [1.82, 2.24) is 0 Å². The Balaban J connectivity index is 1.92. The van der Waals surface area contributed by atoms with E-state index in [1.165, 1.54) is 11.8 Å². The standard InChI is InChI=1S/C15H15BrN2OS/c1-10-5-6-14(13(17)7-10)18-15(19)9-20-12-4-2-3-11(16)8-12/h2-8H,9,17H2,1H3,(H,18,19). The minimum atomic E-state index is -0.0643. The lowest BCUT2D eigenvalue weighted by atomic mass is 10.2. The Kier molecular flexibility index (Phi) is 5.09. The second-order valence-electron chi connectivity index (χ2n) is 4.38. The van der Waals surface area contributed by atoms with Crippen LogP contribution in [0.15, 0.2) is 51.8 Å². The summed E-state index contributed by atoms with van der Waals surface area (Å²) in [4.78, 5) is 13.0. The lowest BCUT2D eigenvalue weighted by molar-refractivity contribution is -0.113. The molecule has 0 aliphatic heterocycles. The van der Waals surface area contributed by atoms with E-state index in [2.05, 4.69) is 21.2 Å². The van der Waals surface area contributed by atoms with Crippen molar-refractivity contribution in [3.63, 3.8) is 0 Å². The van der Waals surface area contributed by atoms with Gasteiger partial charge in [0.1, 0.15) is 0 Å². The Morgan fingerprint density at radius 1 is 1.30 bits per heavy atom. The SMILES string of the molecule is Cc1ccc(NC(=O)CSc2cccc(Br)c2)c(N)c1. The number of nitrogens with two attached hydrogens (primary N) is 1. The van der Waals surface area contributed by atoms with Gasteiger partial charge in [0.25, 0.3) is 0 Å². The van der Waals surface area contributed by atoms with E-state index in [1.54, 1.807) is 0 Å². The monoisotopic (exact) mass is 350 g/mol. The van der Waals surface area contributed by atoms with E-state index in [0.717, 1.165) is 14.9 Å². The minimum absolute atomic E-state index is 0.0643. The van der Waals surface area contributed by atoms with Gasteiger partial charge in [0.15, 0.2) is 0 Å². The molecular weight excluding hydrogens is 336 g/mol. The van der Waals surface area contributed by atoms with Crippen LogP contribution in [0, 0.1) is 6.92 Å². The van der Waals surface area contributed by atoms with Crippen LogP contribution >= 0.6 is 27.7 Å². The largest absolute Gasteiger partial charge is 0.397 e. The first kappa shape index (κ1) is 14.9. The Hall–Kier alpha value is -1.46. The van der Waals surface area contributed by atoms with Gasteiger partial charge in [-0.25, -0.2) is 0 Å². The van der Waals surface area contributed by atoms with Crippen molar-refractivity contribution >= 4 is 45.0 Å². The molecule has 0 unspecified atom stereocenters. The van der Waals surface area contributed by atoms with E-state index in [4.69, 9.17) is 5.73 Å². The van der Waals surface area contributed by atoms with Gasteiger partial charge < -0.3 is 11.1 Å². The van der Waals surface area contributed by atoms with Gasteiger partial charge in [0.2, 0.25) is 5.91 Å². The quantitative estimate of drug-likeness (QED) is 0.645. The molecule has 0 saturated heterocycles. The van der Waals surface area contributed by atoms with Crippen LogP contribution in [0.25, 0.3) is 0 Å². The van der Waals surface area contributed by atoms with Crippen LogP contribution < -0.4 is 11.1 Å². The summed E-state index contributed by atoms with van der Waals surface area (Å²) in [6.45, 7) is 1.96. The van der Waals surface area contributed by atoms with Crippen LogP contribution in [0.4, 0.5) is 11.4 Å². The predicted octanol–water partition coefficient (Wildman–Crippen LogP) is 4.07. The number of rotatable bonds is 4. The summed E-state index contributed by atoms with van der Waals surface area (Å²) in [5.74, 6) is 0.287. The highest BCUT2D eigenvalue weighted by Crippen LogP contribution is 2.23. The number of thioether (sulfide) groups is 1. The number of halogens is 1. The molecule has 1 amide bonds. The first-order valence-electron chi connectivity index (χ1n) is 6.09. The number of hydrogen-bond donors (Lipinski definition) is 2. The smallest absolute Gasteiger partial charge is 0.234 e. The van der Waals surface area contributed by atoms with Crippen LogP contribution in [0.1, 0.15) is 5.56 Å². The molecule has 0 heterocycles. The number of anilines is 2. The summed E-state index contributed by atoms with van der Waals surface area (Å²) >= 11 is 4.90. The Morgan fingerprint density at radius 2 is 2.10 bits per heavy atom. The van der Waals surface area contributed by atoms with Gasteiger partial charge >= 0.3 is 0 Å². The van der Waals surface area contributed by atoms with E-state index < -0.39 is 0 Å². The van der Waals surface area contributed by atoms with Crippen LogP contribution in [0.5, 0.6) is 0 Å². The van der Waals surface area contributed by atoms with Crippen LogP contribution in [-0.2, 0) is 4.79 Å². The molecule has 0 atom stereocenters. The van der Waals surface area contributed by atoms with Crippen molar-refractivity contribution < 1.29 is 4.79 Å². The molecule has 5 heteroatoms. The molecule has 104 valence electrons. The van der Waals surface area contributed by atoms with E-state index in [1.807, 2.05) is 49.4 Å². The van der Waals surface area contributed by atoms with Crippen LogP contribution in [0.3, 0.4) is 0 Å². The van der Waals surface area contributed by atoms with E-state index in [-0.39, 0.29) is 5.91 Å². The summed E-state index contributed by atoms with van der Waals surface area (Å²) in [7, 11) is 0. The Labute approximate surface area is 131 Å². The normalized spacial score (nSPS) is 10.3. The number of amides is 1. The number of benzene rings is 2. The average Bonchev–Trinajstić information content (AvgIpc) is 2.40. The molecule has 0 aliphatic rings. The number of carbonyl (C=O) groups excluding carboxylic acids is 1. The molecule has 3 N–H and O–H groups in total. The van der Waals surface area contributed by atoms with Crippen molar-refractivity contribution in [3.8, 4) is 0 Å². The van der Waals surface area contributed by atoms with Gasteiger partial charge in [-0.2, -0.15) is 0 Å². The zero-order valence-corrected chi connectivity index (χ0v) is 13.4. The second kappa shape index (κ2) is 6.81. The Morgan fingerprint density at radius 3 is 2.80 bits per heavy atom. The average molecular weight is 351 g/mol. The van der Waals surface area contributed by atoms with Gasteiger partial charge in [0.05, 0.1) is 17.1 Å². The highest BCUT2D eigenvalue weighted by molar-refractivity contribution is 9.10. The number of nitrogens with one attached hydrogen (secondary N) is 1. The Bertz CT molecular complexity index is 631. The number of carbonyl (C=O) groups is 1. The summed E-state index contributed by atoms with van der Waals surface area (Å²) in [6.07, 6.45) is 0. The van der Waals surface area contributed by atoms with E-state index in [9.17, 15) is 4.79 Å². The number of nitrogen functional groups attached to an aromatic ring is 1. The van der Waals surface area contributed by atoms with Crippen molar-refractivity contribution in [2.45, 2.75) is 11.8 Å². The summed E-state index contributed by atoms with van der Waals surface area (Å²) < 4.78 is 1.01. The molecule has 0 bridgehead atoms. The fraction of sp³-hybridized carbons (Fsp3) is 0.133.